The first-order chi connectivity index (χ1) is 4.63. The van der Waals surface area contributed by atoms with Gasteiger partial charge < -0.3 is 10.4 Å². The quantitative estimate of drug-likeness (QED) is 0.463. The minimum atomic E-state index is -1.08. The van der Waals surface area contributed by atoms with Gasteiger partial charge in [-0.3, -0.25) is 9.59 Å². The van der Waals surface area contributed by atoms with E-state index in [-0.39, 0.29) is 35.5 Å². The van der Waals surface area contributed by atoms with Gasteiger partial charge in [0.15, 0.2) is 0 Å². The zero-order valence-electron chi connectivity index (χ0n) is 5.59. The third kappa shape index (κ3) is 13.0. The van der Waals surface area contributed by atoms with Crippen LogP contribution in [0.5, 0.6) is 0 Å². The molecule has 2 N–H and O–H groups in total. The molecule has 0 aromatic rings. The van der Waals surface area contributed by atoms with Gasteiger partial charge in [0.05, 0.1) is 6.92 Å². The van der Waals surface area contributed by atoms with E-state index in [4.69, 9.17) is 9.90 Å². The Bertz CT molecular complexity index is 126. The number of carbonyl (C=O) groups is 2. The number of carbonyl (C=O) groups excluding carboxylic acids is 1. The SMILES string of the molecule is O=C1CCCN1.[CH2]C(=O)O.[NaH]. The summed E-state index contributed by atoms with van der Waals surface area (Å²) in [7, 11) is 0. The molecule has 1 aliphatic rings. The van der Waals surface area contributed by atoms with Crippen LogP contribution in [0.15, 0.2) is 0 Å². The summed E-state index contributed by atoms with van der Waals surface area (Å²) in [6.45, 7) is 3.44. The van der Waals surface area contributed by atoms with Crippen LogP contribution < -0.4 is 5.32 Å². The molecular formula is C6H11NNaO3. The Balaban J connectivity index is 0. The second-order valence-corrected chi connectivity index (χ2v) is 1.85. The monoisotopic (exact) mass is 168 g/mol. The third-order valence-corrected chi connectivity index (χ3v) is 0.903. The summed E-state index contributed by atoms with van der Waals surface area (Å²) < 4.78 is 0. The molecule has 0 unspecified atom stereocenters. The number of hydrogen-bond acceptors (Lipinski definition) is 2. The van der Waals surface area contributed by atoms with E-state index in [1.165, 1.54) is 0 Å². The van der Waals surface area contributed by atoms with Gasteiger partial charge >= 0.3 is 35.5 Å². The molecule has 11 heavy (non-hydrogen) atoms. The first-order valence-corrected chi connectivity index (χ1v) is 2.94. The molecule has 0 spiro atoms. The molecule has 1 saturated heterocycles. The normalized spacial score (nSPS) is 13.7. The number of amides is 1. The Morgan fingerprint density at radius 3 is 2.18 bits per heavy atom. The van der Waals surface area contributed by atoms with Gasteiger partial charge in [-0.25, -0.2) is 0 Å². The minimum absolute atomic E-state index is 0. The van der Waals surface area contributed by atoms with Crippen molar-refractivity contribution in [3.8, 4) is 0 Å². The Hall–Kier alpha value is -0.0600. The maximum absolute atomic E-state index is 10.1. The van der Waals surface area contributed by atoms with E-state index in [2.05, 4.69) is 12.2 Å². The van der Waals surface area contributed by atoms with Crippen LogP contribution in [0, 0.1) is 6.92 Å². The van der Waals surface area contributed by atoms with E-state index in [9.17, 15) is 4.79 Å². The fourth-order valence-corrected chi connectivity index (χ4v) is 0.565. The molecule has 5 heteroatoms. The molecule has 59 valence electrons. The van der Waals surface area contributed by atoms with Crippen LogP contribution in [0.2, 0.25) is 0 Å². The van der Waals surface area contributed by atoms with E-state index in [1.54, 1.807) is 0 Å². The number of rotatable bonds is 0. The number of carboxylic acid groups (broad SMARTS) is 1. The van der Waals surface area contributed by atoms with E-state index in [1.807, 2.05) is 0 Å². The predicted octanol–water partition coefficient (Wildman–Crippen LogP) is -0.847. The van der Waals surface area contributed by atoms with Crippen molar-refractivity contribution in [1.82, 2.24) is 5.32 Å². The Morgan fingerprint density at radius 1 is 1.64 bits per heavy atom. The van der Waals surface area contributed by atoms with E-state index >= 15 is 0 Å². The molecule has 1 rings (SSSR count). The number of hydrogen-bond donors (Lipinski definition) is 2. The maximum atomic E-state index is 10.1. The second kappa shape index (κ2) is 8.04. The van der Waals surface area contributed by atoms with E-state index in [0.29, 0.717) is 0 Å². The molecule has 1 heterocycles. The summed E-state index contributed by atoms with van der Waals surface area (Å²) in [4.78, 5) is 19.0. The second-order valence-electron chi connectivity index (χ2n) is 1.85. The fraction of sp³-hybridized carbons (Fsp3) is 0.500. The standard InChI is InChI=1S/C4H7NO.C2H3O2.Na.H/c6-4-2-1-3-5-4;1-2(3)4;;/h1-3H2,(H,5,6);1H2,(H,3,4);;. The molecule has 0 bridgehead atoms. The average Bonchev–Trinajstić information content (AvgIpc) is 2.15. The Kier molecular flexibility index (Phi) is 9.89. The Labute approximate surface area is 87.6 Å². The molecule has 0 aromatic heterocycles. The van der Waals surface area contributed by atoms with Crippen molar-refractivity contribution in [3.63, 3.8) is 0 Å². The molecule has 0 atom stereocenters. The Morgan fingerprint density at radius 2 is 2.09 bits per heavy atom. The summed E-state index contributed by atoms with van der Waals surface area (Å²) in [6.07, 6.45) is 1.76. The first kappa shape index (κ1) is 13.5. The summed E-state index contributed by atoms with van der Waals surface area (Å²) >= 11 is 0. The van der Waals surface area contributed by atoms with Crippen molar-refractivity contribution < 1.29 is 14.7 Å². The molecule has 1 fully saturated rings. The molecule has 0 aliphatic carbocycles. The van der Waals surface area contributed by atoms with Crippen LogP contribution in [-0.4, -0.2) is 53.1 Å². The number of nitrogens with one attached hydrogen (secondary N) is 1. The van der Waals surface area contributed by atoms with Gasteiger partial charge in [-0.1, -0.05) is 0 Å². The summed E-state index contributed by atoms with van der Waals surface area (Å²) in [6, 6.07) is 0. The number of aliphatic carboxylic acids is 1. The van der Waals surface area contributed by atoms with Crippen molar-refractivity contribution in [2.24, 2.45) is 0 Å². The average molecular weight is 168 g/mol. The van der Waals surface area contributed by atoms with Crippen molar-refractivity contribution in [1.29, 1.82) is 0 Å². The van der Waals surface area contributed by atoms with Crippen molar-refractivity contribution >= 4 is 41.4 Å². The van der Waals surface area contributed by atoms with Gasteiger partial charge in [-0.05, 0) is 6.42 Å². The van der Waals surface area contributed by atoms with Crippen LogP contribution in [0.25, 0.3) is 0 Å². The summed E-state index contributed by atoms with van der Waals surface area (Å²) in [5.41, 5.74) is 0. The fourth-order valence-electron chi connectivity index (χ4n) is 0.565. The van der Waals surface area contributed by atoms with Gasteiger partial charge in [0.1, 0.15) is 0 Å². The molecular weight excluding hydrogens is 157 g/mol. The van der Waals surface area contributed by atoms with Gasteiger partial charge in [0.25, 0.3) is 0 Å². The van der Waals surface area contributed by atoms with Crippen LogP contribution in [-0.2, 0) is 9.59 Å². The topological polar surface area (TPSA) is 66.4 Å². The number of carboxylic acids is 1. The third-order valence-electron chi connectivity index (χ3n) is 0.903. The van der Waals surface area contributed by atoms with Crippen molar-refractivity contribution in [3.05, 3.63) is 6.92 Å². The van der Waals surface area contributed by atoms with E-state index < -0.39 is 5.97 Å². The zero-order valence-corrected chi connectivity index (χ0v) is 5.59. The molecule has 1 radical (unpaired) electrons. The van der Waals surface area contributed by atoms with E-state index in [0.717, 1.165) is 19.4 Å². The van der Waals surface area contributed by atoms with Crippen LogP contribution >= 0.6 is 0 Å². The molecule has 1 amide bonds. The van der Waals surface area contributed by atoms with Gasteiger partial charge in [-0.2, -0.15) is 0 Å². The summed E-state index contributed by atoms with van der Waals surface area (Å²) in [5, 5.41) is 9.99. The molecule has 1 aliphatic heterocycles. The zero-order chi connectivity index (χ0) is 7.98. The van der Waals surface area contributed by atoms with Gasteiger partial charge in [0, 0.05) is 13.0 Å². The summed E-state index contributed by atoms with van der Waals surface area (Å²) in [5.74, 6) is -0.880. The molecule has 0 saturated carbocycles. The molecule has 0 aromatic carbocycles. The molecule has 4 nitrogen and oxygen atoms in total. The van der Waals surface area contributed by atoms with Crippen molar-refractivity contribution in [2.45, 2.75) is 12.8 Å². The van der Waals surface area contributed by atoms with Crippen LogP contribution in [0.1, 0.15) is 12.8 Å². The van der Waals surface area contributed by atoms with Gasteiger partial charge in [-0.15, -0.1) is 0 Å². The first-order valence-electron chi connectivity index (χ1n) is 2.94. The van der Waals surface area contributed by atoms with Crippen LogP contribution in [0.3, 0.4) is 0 Å². The van der Waals surface area contributed by atoms with Crippen molar-refractivity contribution in [2.75, 3.05) is 6.54 Å². The van der Waals surface area contributed by atoms with Crippen LogP contribution in [0.4, 0.5) is 0 Å². The van der Waals surface area contributed by atoms with Gasteiger partial charge in [0.2, 0.25) is 5.91 Å². The predicted molar refractivity (Wildman–Crippen MR) is 42.4 cm³/mol.